The van der Waals surface area contributed by atoms with Crippen LogP contribution in [-0.4, -0.2) is 44.1 Å². The SMILES string of the molecule is O=C(CC1(Cn2cnnn2)CCCCC1)N1CCCC1. The van der Waals surface area contributed by atoms with Crippen molar-refractivity contribution in [2.75, 3.05) is 13.1 Å². The summed E-state index contributed by atoms with van der Waals surface area (Å²) in [6.07, 6.45) is 10.6. The lowest BCUT2D eigenvalue weighted by atomic mass is 9.71. The smallest absolute Gasteiger partial charge is 0.223 e. The van der Waals surface area contributed by atoms with E-state index in [0.717, 1.165) is 45.3 Å². The molecule has 1 aromatic rings. The summed E-state index contributed by atoms with van der Waals surface area (Å²) < 4.78 is 1.79. The Morgan fingerprint density at radius 3 is 2.50 bits per heavy atom. The van der Waals surface area contributed by atoms with Crippen LogP contribution >= 0.6 is 0 Å². The fourth-order valence-corrected chi connectivity index (χ4v) is 3.69. The first-order valence-electron chi connectivity index (χ1n) is 7.76. The molecule has 0 radical (unpaired) electrons. The Bertz CT molecular complexity index is 432. The van der Waals surface area contributed by atoms with Crippen LogP contribution in [-0.2, 0) is 11.3 Å². The molecular weight excluding hydrogens is 254 g/mol. The van der Waals surface area contributed by atoms with E-state index in [1.54, 1.807) is 11.0 Å². The maximum Gasteiger partial charge on any atom is 0.223 e. The fourth-order valence-electron chi connectivity index (χ4n) is 3.69. The second kappa shape index (κ2) is 5.89. The van der Waals surface area contributed by atoms with Crippen molar-refractivity contribution >= 4 is 5.91 Å². The third-order valence-electron chi connectivity index (χ3n) is 4.79. The molecule has 0 N–H and O–H groups in total. The van der Waals surface area contributed by atoms with Gasteiger partial charge in [0.2, 0.25) is 5.91 Å². The Kier molecular flexibility index (Phi) is 3.98. The lowest BCUT2D eigenvalue weighted by Crippen LogP contribution is -2.38. The highest BCUT2D eigenvalue weighted by molar-refractivity contribution is 5.77. The maximum atomic E-state index is 12.5. The average molecular weight is 277 g/mol. The Morgan fingerprint density at radius 1 is 1.10 bits per heavy atom. The highest BCUT2D eigenvalue weighted by atomic mass is 16.2. The maximum absolute atomic E-state index is 12.5. The Hall–Kier alpha value is -1.46. The van der Waals surface area contributed by atoms with Gasteiger partial charge in [-0.05, 0) is 41.5 Å². The molecule has 6 nitrogen and oxygen atoms in total. The standard InChI is InChI=1S/C14H23N5O/c20-13(18-8-4-5-9-18)10-14(6-2-1-3-7-14)11-19-12-15-16-17-19/h12H,1-11H2. The van der Waals surface area contributed by atoms with E-state index in [-0.39, 0.29) is 5.41 Å². The van der Waals surface area contributed by atoms with Crippen LogP contribution in [0.3, 0.4) is 0 Å². The monoisotopic (exact) mass is 277 g/mol. The number of rotatable bonds is 4. The first-order chi connectivity index (χ1) is 9.77. The van der Waals surface area contributed by atoms with E-state index in [1.165, 1.54) is 19.3 Å². The van der Waals surface area contributed by atoms with Gasteiger partial charge >= 0.3 is 0 Å². The normalized spacial score (nSPS) is 22.1. The third kappa shape index (κ3) is 2.99. The molecule has 2 aliphatic rings. The summed E-state index contributed by atoms with van der Waals surface area (Å²) in [6.45, 7) is 2.67. The number of tetrazole rings is 1. The molecular formula is C14H23N5O. The van der Waals surface area contributed by atoms with E-state index in [2.05, 4.69) is 15.5 Å². The Morgan fingerprint density at radius 2 is 1.85 bits per heavy atom. The van der Waals surface area contributed by atoms with Crippen LogP contribution in [0.25, 0.3) is 0 Å². The molecule has 1 aromatic heterocycles. The summed E-state index contributed by atoms with van der Waals surface area (Å²) >= 11 is 0. The summed E-state index contributed by atoms with van der Waals surface area (Å²) in [5, 5.41) is 11.4. The minimum absolute atomic E-state index is 0.0628. The summed E-state index contributed by atoms with van der Waals surface area (Å²) in [5.41, 5.74) is 0.0628. The second-order valence-electron chi connectivity index (χ2n) is 6.33. The zero-order chi connectivity index (χ0) is 13.8. The number of carbonyl (C=O) groups is 1. The van der Waals surface area contributed by atoms with E-state index in [9.17, 15) is 4.79 Å². The molecule has 20 heavy (non-hydrogen) atoms. The average Bonchev–Trinajstić information content (AvgIpc) is 3.12. The third-order valence-corrected chi connectivity index (χ3v) is 4.79. The molecule has 6 heteroatoms. The predicted molar refractivity (Wildman–Crippen MR) is 73.8 cm³/mol. The van der Waals surface area contributed by atoms with Crippen molar-refractivity contribution in [3.8, 4) is 0 Å². The van der Waals surface area contributed by atoms with E-state index < -0.39 is 0 Å². The van der Waals surface area contributed by atoms with Gasteiger partial charge in [0.15, 0.2) is 0 Å². The number of hydrogen-bond donors (Lipinski definition) is 0. The highest BCUT2D eigenvalue weighted by Crippen LogP contribution is 2.41. The number of nitrogens with zero attached hydrogens (tertiary/aromatic N) is 5. The predicted octanol–water partition coefficient (Wildman–Crippen LogP) is 1.64. The van der Waals surface area contributed by atoms with Crippen LogP contribution in [0.15, 0.2) is 6.33 Å². The van der Waals surface area contributed by atoms with E-state index in [4.69, 9.17) is 0 Å². The van der Waals surface area contributed by atoms with Crippen LogP contribution in [0.4, 0.5) is 0 Å². The lowest BCUT2D eigenvalue weighted by molar-refractivity contribution is -0.133. The van der Waals surface area contributed by atoms with Crippen LogP contribution in [0.5, 0.6) is 0 Å². The molecule has 0 unspecified atom stereocenters. The summed E-state index contributed by atoms with van der Waals surface area (Å²) in [7, 11) is 0. The number of amides is 1. The largest absolute Gasteiger partial charge is 0.343 e. The minimum Gasteiger partial charge on any atom is -0.343 e. The van der Waals surface area contributed by atoms with Gasteiger partial charge in [-0.3, -0.25) is 4.79 Å². The number of likely N-dealkylation sites (tertiary alicyclic amines) is 1. The Labute approximate surface area is 119 Å². The van der Waals surface area contributed by atoms with Crippen LogP contribution in [0.1, 0.15) is 51.4 Å². The molecule has 3 rings (SSSR count). The quantitative estimate of drug-likeness (QED) is 0.839. The molecule has 110 valence electrons. The van der Waals surface area contributed by atoms with Crippen LogP contribution in [0.2, 0.25) is 0 Å². The second-order valence-corrected chi connectivity index (χ2v) is 6.33. The topological polar surface area (TPSA) is 63.9 Å². The van der Waals surface area contributed by atoms with Gasteiger partial charge in [-0.2, -0.15) is 0 Å². The molecule has 1 aliphatic heterocycles. The van der Waals surface area contributed by atoms with Crippen molar-refractivity contribution in [2.45, 2.75) is 57.9 Å². The molecule has 1 aliphatic carbocycles. The molecule has 0 aromatic carbocycles. The van der Waals surface area contributed by atoms with Crippen molar-refractivity contribution in [3.05, 3.63) is 6.33 Å². The van der Waals surface area contributed by atoms with Gasteiger partial charge in [-0.15, -0.1) is 5.10 Å². The fraction of sp³-hybridized carbons (Fsp3) is 0.857. The van der Waals surface area contributed by atoms with E-state index >= 15 is 0 Å². The molecule has 2 fully saturated rings. The molecule has 0 spiro atoms. The number of hydrogen-bond acceptors (Lipinski definition) is 4. The van der Waals surface area contributed by atoms with Gasteiger partial charge in [0, 0.05) is 19.5 Å². The number of aromatic nitrogens is 4. The first kappa shape index (κ1) is 13.5. The van der Waals surface area contributed by atoms with Crippen molar-refractivity contribution in [3.63, 3.8) is 0 Å². The van der Waals surface area contributed by atoms with Gasteiger partial charge in [0.25, 0.3) is 0 Å². The zero-order valence-electron chi connectivity index (χ0n) is 12.0. The lowest BCUT2D eigenvalue weighted by Gasteiger charge is -2.37. The van der Waals surface area contributed by atoms with Gasteiger partial charge in [-0.1, -0.05) is 19.3 Å². The summed E-state index contributed by atoms with van der Waals surface area (Å²) in [5.74, 6) is 0.331. The van der Waals surface area contributed by atoms with Gasteiger partial charge < -0.3 is 4.90 Å². The zero-order valence-corrected chi connectivity index (χ0v) is 12.0. The van der Waals surface area contributed by atoms with E-state index in [0.29, 0.717) is 12.3 Å². The van der Waals surface area contributed by atoms with Crippen molar-refractivity contribution < 1.29 is 4.79 Å². The Balaban J connectivity index is 1.69. The minimum atomic E-state index is 0.0628. The first-order valence-corrected chi connectivity index (χ1v) is 7.76. The molecule has 0 bridgehead atoms. The van der Waals surface area contributed by atoms with Crippen LogP contribution in [0, 0.1) is 5.41 Å². The summed E-state index contributed by atoms with van der Waals surface area (Å²) in [4.78, 5) is 14.5. The van der Waals surface area contributed by atoms with E-state index in [1.807, 2.05) is 4.90 Å². The van der Waals surface area contributed by atoms with Crippen molar-refractivity contribution in [1.29, 1.82) is 0 Å². The van der Waals surface area contributed by atoms with Gasteiger partial charge in [0.05, 0.1) is 6.54 Å². The van der Waals surface area contributed by atoms with Crippen molar-refractivity contribution in [1.82, 2.24) is 25.1 Å². The van der Waals surface area contributed by atoms with Crippen molar-refractivity contribution in [2.24, 2.45) is 5.41 Å². The molecule has 0 atom stereocenters. The highest BCUT2D eigenvalue weighted by Gasteiger charge is 2.36. The van der Waals surface area contributed by atoms with Gasteiger partial charge in [-0.25, -0.2) is 4.68 Å². The van der Waals surface area contributed by atoms with Crippen LogP contribution < -0.4 is 0 Å². The molecule has 1 saturated heterocycles. The van der Waals surface area contributed by atoms with Gasteiger partial charge in [0.1, 0.15) is 6.33 Å². The molecule has 1 saturated carbocycles. The number of carbonyl (C=O) groups excluding carboxylic acids is 1. The molecule has 1 amide bonds. The summed E-state index contributed by atoms with van der Waals surface area (Å²) in [6, 6.07) is 0. The molecule has 2 heterocycles.